The normalized spacial score (nSPS) is 18.3. The molecule has 3 fully saturated rings. The van der Waals surface area contributed by atoms with Gasteiger partial charge in [-0.05, 0) is 69.5 Å². The lowest BCUT2D eigenvalue weighted by atomic mass is 10.0. The van der Waals surface area contributed by atoms with E-state index in [1.807, 2.05) is 39.8 Å². The number of pyridine rings is 2. The van der Waals surface area contributed by atoms with E-state index in [4.69, 9.17) is 14.5 Å². The highest BCUT2D eigenvalue weighted by molar-refractivity contribution is 6.05. The van der Waals surface area contributed by atoms with Crippen LogP contribution in [0.5, 0.6) is 5.88 Å². The van der Waals surface area contributed by atoms with Gasteiger partial charge < -0.3 is 29.5 Å². The Morgan fingerprint density at radius 1 is 0.937 bits per heavy atom. The molecule has 0 radical (unpaired) electrons. The molecule has 0 spiro atoms. The fourth-order valence-corrected chi connectivity index (χ4v) is 8.63. The van der Waals surface area contributed by atoms with Crippen molar-refractivity contribution in [2.45, 2.75) is 65.1 Å². The quantitative estimate of drug-likeness (QED) is 0.258. The molecule has 3 saturated heterocycles. The van der Waals surface area contributed by atoms with Crippen molar-refractivity contribution in [2.24, 2.45) is 0 Å². The van der Waals surface area contributed by atoms with Crippen LogP contribution in [0.1, 0.15) is 49.6 Å². The van der Waals surface area contributed by atoms with Gasteiger partial charge in [0.1, 0.15) is 29.5 Å². The summed E-state index contributed by atoms with van der Waals surface area (Å²) >= 11 is 0. The molecule has 330 valence electrons. The summed E-state index contributed by atoms with van der Waals surface area (Å²) in [5, 5.41) is 5.47. The van der Waals surface area contributed by atoms with E-state index in [1.54, 1.807) is 40.5 Å². The summed E-state index contributed by atoms with van der Waals surface area (Å²) in [6.07, 6.45) is 5.69. The fourth-order valence-electron chi connectivity index (χ4n) is 8.63. The second-order valence-corrected chi connectivity index (χ2v) is 17.5. The summed E-state index contributed by atoms with van der Waals surface area (Å²) in [4.78, 5) is 80.3. The van der Waals surface area contributed by atoms with Crippen LogP contribution in [0.25, 0.3) is 0 Å². The predicted molar refractivity (Wildman–Crippen MR) is 232 cm³/mol. The first kappa shape index (κ1) is 41.7. The number of halogens is 1. The molecule has 0 atom stereocenters. The summed E-state index contributed by atoms with van der Waals surface area (Å²) in [6, 6.07) is 8.37. The highest BCUT2D eigenvalue weighted by Gasteiger charge is 2.36. The minimum atomic E-state index is -0.651. The second kappa shape index (κ2) is 16.9. The van der Waals surface area contributed by atoms with Gasteiger partial charge >= 0.3 is 12.1 Å². The Balaban J connectivity index is 0.761. The molecular weight excluding hydrogens is 812 g/mol. The van der Waals surface area contributed by atoms with Crippen molar-refractivity contribution in [1.82, 2.24) is 35.1 Å². The second-order valence-electron chi connectivity index (χ2n) is 17.5. The number of nitrogens with zero attached hydrogens (tertiary/aromatic N) is 10. The van der Waals surface area contributed by atoms with E-state index in [0.29, 0.717) is 92.8 Å². The number of rotatable bonds is 8. The monoisotopic (exact) mass is 862 g/mol. The van der Waals surface area contributed by atoms with E-state index >= 15 is 4.39 Å². The lowest BCUT2D eigenvalue weighted by Gasteiger charge is -2.48. The Bertz CT molecular complexity index is 2430. The van der Waals surface area contributed by atoms with Gasteiger partial charge in [0.05, 0.1) is 49.0 Å². The maximum Gasteiger partial charge on any atom is 0.415 e. The predicted octanol–water partition coefficient (Wildman–Crippen LogP) is 4.18. The molecule has 1 aromatic carbocycles. The van der Waals surface area contributed by atoms with Crippen LogP contribution >= 0.6 is 0 Å². The van der Waals surface area contributed by atoms with Gasteiger partial charge in [-0.25, -0.2) is 33.9 Å². The minimum absolute atomic E-state index is 0.0375. The standard InChI is InChI=1S/C44H51FN12O6/c1-27-35(23-47-40-39(27)57(17-18-62-40)43(61)63-44(2,3)4)54-11-9-29-21-48-41(50-34(29)26-54)49-30-6-5-28(33(45)20-30)19-38(59)53-15-13-52(14-16-53)32-24-55(25-32)36-8-7-31(22-46-36)56-12-10-37(58)51-42(56)60/h5-8,20-23,32H,9-19,24-26H2,1-4H3,(H,48,49,50)(H,51,58,60). The molecule has 0 aliphatic carbocycles. The lowest BCUT2D eigenvalue weighted by Crippen LogP contribution is -2.63. The molecular formula is C44H51FN12O6. The van der Waals surface area contributed by atoms with E-state index in [0.717, 1.165) is 54.5 Å². The largest absolute Gasteiger partial charge is 0.474 e. The van der Waals surface area contributed by atoms with Gasteiger partial charge in [-0.2, -0.15) is 0 Å². The van der Waals surface area contributed by atoms with Crippen LogP contribution in [-0.2, 0) is 33.7 Å². The third-order valence-electron chi connectivity index (χ3n) is 12.1. The summed E-state index contributed by atoms with van der Waals surface area (Å²) in [5.41, 5.74) is 4.93. The molecule has 4 aromatic rings. The summed E-state index contributed by atoms with van der Waals surface area (Å²) < 4.78 is 27.0. The van der Waals surface area contributed by atoms with Crippen molar-refractivity contribution in [3.05, 3.63) is 77.1 Å². The number of hydrogen-bond donors (Lipinski definition) is 2. The minimum Gasteiger partial charge on any atom is -0.474 e. The van der Waals surface area contributed by atoms with Crippen LogP contribution in [0.15, 0.2) is 48.9 Å². The lowest BCUT2D eigenvalue weighted by molar-refractivity contribution is -0.132. The highest BCUT2D eigenvalue weighted by atomic mass is 19.1. The number of amides is 5. The summed E-state index contributed by atoms with van der Waals surface area (Å²) in [5.74, 6) is 0.674. The number of benzene rings is 1. The van der Waals surface area contributed by atoms with E-state index in [2.05, 4.69) is 40.3 Å². The molecule has 5 amide bonds. The van der Waals surface area contributed by atoms with Gasteiger partial charge in [0.2, 0.25) is 23.6 Å². The molecule has 18 nitrogen and oxygen atoms in total. The first-order valence-electron chi connectivity index (χ1n) is 21.4. The average Bonchev–Trinajstić information content (AvgIpc) is 3.24. The van der Waals surface area contributed by atoms with Crippen LogP contribution in [-0.4, -0.2) is 131 Å². The first-order valence-corrected chi connectivity index (χ1v) is 21.4. The fraction of sp³-hybridized carbons (Fsp3) is 0.455. The number of aromatic nitrogens is 4. The third kappa shape index (κ3) is 8.87. The van der Waals surface area contributed by atoms with E-state index < -0.39 is 23.5 Å². The molecule has 0 saturated carbocycles. The molecule has 3 aromatic heterocycles. The summed E-state index contributed by atoms with van der Waals surface area (Å²) in [6.45, 7) is 13.8. The Morgan fingerprint density at radius 2 is 1.75 bits per heavy atom. The molecule has 63 heavy (non-hydrogen) atoms. The number of carbonyl (C=O) groups excluding carboxylic acids is 4. The molecule has 19 heteroatoms. The molecule has 5 aliphatic rings. The van der Waals surface area contributed by atoms with Crippen molar-refractivity contribution in [3.63, 3.8) is 0 Å². The SMILES string of the molecule is Cc1c(N2CCc3cnc(Nc4ccc(CC(=O)N5CCN(C6CN(c7ccc(N8CCC(=O)NC8=O)cn7)C6)CC5)c(F)c4)nc3C2)cnc2c1N(C(=O)OC(C)(C)C)CCO2. The van der Waals surface area contributed by atoms with Crippen molar-refractivity contribution in [1.29, 1.82) is 0 Å². The number of fused-ring (bicyclic) bond motifs is 2. The van der Waals surface area contributed by atoms with Crippen LogP contribution in [0, 0.1) is 12.7 Å². The first-order chi connectivity index (χ1) is 30.3. The van der Waals surface area contributed by atoms with E-state index in [9.17, 15) is 19.2 Å². The van der Waals surface area contributed by atoms with E-state index in [1.165, 1.54) is 11.0 Å². The number of hydrogen-bond acceptors (Lipinski definition) is 14. The Labute approximate surface area is 364 Å². The van der Waals surface area contributed by atoms with Gasteiger partial charge in [0, 0.05) is 82.3 Å². The Hall–Kier alpha value is -6.63. The highest BCUT2D eigenvalue weighted by Crippen LogP contribution is 2.40. The molecule has 0 bridgehead atoms. The topological polar surface area (TPSA) is 182 Å². The zero-order chi connectivity index (χ0) is 44.0. The molecule has 0 unspecified atom stereocenters. The number of ether oxygens (including phenoxy) is 2. The zero-order valence-electron chi connectivity index (χ0n) is 35.9. The maximum atomic E-state index is 15.5. The Morgan fingerprint density at radius 3 is 2.48 bits per heavy atom. The van der Waals surface area contributed by atoms with Crippen molar-refractivity contribution < 1.29 is 33.0 Å². The number of nitrogens with one attached hydrogen (secondary N) is 2. The smallest absolute Gasteiger partial charge is 0.415 e. The molecule has 2 N–H and O–H groups in total. The van der Waals surface area contributed by atoms with Gasteiger partial charge in [0.15, 0.2) is 0 Å². The number of urea groups is 1. The van der Waals surface area contributed by atoms with Crippen molar-refractivity contribution >= 4 is 58.5 Å². The van der Waals surface area contributed by atoms with Crippen molar-refractivity contribution in [3.8, 4) is 5.88 Å². The third-order valence-corrected chi connectivity index (χ3v) is 12.1. The molecule has 5 aliphatic heterocycles. The van der Waals surface area contributed by atoms with Crippen molar-refractivity contribution in [2.75, 3.05) is 90.4 Å². The summed E-state index contributed by atoms with van der Waals surface area (Å²) in [7, 11) is 0. The number of carbonyl (C=O) groups is 4. The van der Waals surface area contributed by atoms with Gasteiger partial charge in [-0.15, -0.1) is 0 Å². The molecule has 8 heterocycles. The zero-order valence-corrected chi connectivity index (χ0v) is 35.9. The number of anilines is 6. The maximum absolute atomic E-state index is 15.5. The van der Waals surface area contributed by atoms with E-state index in [-0.39, 0.29) is 24.7 Å². The van der Waals surface area contributed by atoms with Gasteiger partial charge in [0.25, 0.3) is 0 Å². The van der Waals surface area contributed by atoms with Gasteiger partial charge in [-0.1, -0.05) is 6.07 Å². The number of imide groups is 1. The number of piperazine rings is 1. The average molecular weight is 863 g/mol. The van der Waals surface area contributed by atoms with Crippen LogP contribution in [0.2, 0.25) is 0 Å². The van der Waals surface area contributed by atoms with Crippen LogP contribution in [0.3, 0.4) is 0 Å². The van der Waals surface area contributed by atoms with Crippen LogP contribution in [0.4, 0.5) is 48.5 Å². The van der Waals surface area contributed by atoms with Crippen LogP contribution < -0.4 is 35.0 Å². The van der Waals surface area contributed by atoms with Gasteiger partial charge in [-0.3, -0.25) is 29.6 Å². The Kier molecular flexibility index (Phi) is 11.2. The molecule has 9 rings (SSSR count).